The topological polar surface area (TPSA) is 52.6 Å². The summed E-state index contributed by atoms with van der Waals surface area (Å²) in [6.45, 7) is 12.0. The van der Waals surface area contributed by atoms with Crippen molar-refractivity contribution in [3.05, 3.63) is 141 Å². The van der Waals surface area contributed by atoms with E-state index < -0.39 is 11.9 Å². The number of carbonyl (C=O) groups excluding carboxylic acids is 2. The summed E-state index contributed by atoms with van der Waals surface area (Å²) in [5.74, 6) is -0.605. The maximum absolute atomic E-state index is 13.6. The Labute approximate surface area is 237 Å². The number of aryl methyl sites for hydroxylation is 6. The van der Waals surface area contributed by atoms with Gasteiger partial charge in [0.05, 0.1) is 11.1 Å². The van der Waals surface area contributed by atoms with Gasteiger partial charge in [-0.15, -0.1) is 0 Å². The Kier molecular flexibility index (Phi) is 9.00. The summed E-state index contributed by atoms with van der Waals surface area (Å²) in [5.41, 5.74) is 8.12. The van der Waals surface area contributed by atoms with Gasteiger partial charge in [-0.2, -0.15) is 0 Å². The second-order valence-corrected chi connectivity index (χ2v) is 10.1. The summed E-state index contributed by atoms with van der Waals surface area (Å²) in [5, 5.41) is 0. The van der Waals surface area contributed by atoms with Crippen molar-refractivity contribution in [3.63, 3.8) is 0 Å². The van der Waals surface area contributed by atoms with E-state index in [0.29, 0.717) is 22.3 Å². The van der Waals surface area contributed by atoms with Gasteiger partial charge in [-0.05, 0) is 98.2 Å². The minimum absolute atomic E-state index is 0.219. The molecule has 204 valence electrons. The van der Waals surface area contributed by atoms with E-state index in [1.54, 1.807) is 24.3 Å². The molecule has 4 nitrogen and oxygen atoms in total. The van der Waals surface area contributed by atoms with Crippen molar-refractivity contribution >= 4 is 23.5 Å². The molecule has 0 N–H and O–H groups in total. The quantitative estimate of drug-likeness (QED) is 0.130. The number of rotatable bonds is 8. The maximum Gasteiger partial charge on any atom is 0.343 e. The monoisotopic (exact) mass is 532 g/mol. The standard InChI is InChI=1S/C36H36O4/c1-7-27-15-19-29(20-16-27)35(37)39-33(31-23(3)11-9-12-24(31)4)34(32-25(5)13-10-14-26(32)6)40-36(38)30-21-17-28(8-2)18-22-30/h9-22H,7-8H2,1-6H3. The SMILES string of the molecule is CCc1ccc(C(=O)OC(=C(OC(=O)c2ccc(CC)cc2)c2c(C)cccc2C)c2c(C)cccc2C)cc1. The van der Waals surface area contributed by atoms with Gasteiger partial charge in [-0.25, -0.2) is 9.59 Å². The second kappa shape index (κ2) is 12.6. The van der Waals surface area contributed by atoms with Gasteiger partial charge in [0.2, 0.25) is 0 Å². The minimum Gasteiger partial charge on any atom is -0.418 e. The lowest BCUT2D eigenvalue weighted by molar-refractivity contribution is 0.0646. The predicted molar refractivity (Wildman–Crippen MR) is 161 cm³/mol. The van der Waals surface area contributed by atoms with E-state index in [2.05, 4.69) is 13.8 Å². The predicted octanol–water partition coefficient (Wildman–Crippen LogP) is 8.58. The number of benzene rings is 4. The highest BCUT2D eigenvalue weighted by molar-refractivity contribution is 6.02. The Morgan fingerprint density at radius 2 is 0.800 bits per heavy atom. The fourth-order valence-corrected chi connectivity index (χ4v) is 4.82. The first-order valence-corrected chi connectivity index (χ1v) is 13.7. The Balaban J connectivity index is 1.94. The highest BCUT2D eigenvalue weighted by atomic mass is 16.6. The Morgan fingerprint density at radius 1 is 0.500 bits per heavy atom. The lowest BCUT2D eigenvalue weighted by atomic mass is 9.95. The van der Waals surface area contributed by atoms with Crippen molar-refractivity contribution in [1.29, 1.82) is 0 Å². The summed E-state index contributed by atoms with van der Waals surface area (Å²) in [4.78, 5) is 27.2. The molecule has 4 aromatic rings. The van der Waals surface area contributed by atoms with Gasteiger partial charge in [0.25, 0.3) is 0 Å². The van der Waals surface area contributed by atoms with E-state index in [0.717, 1.165) is 46.2 Å². The van der Waals surface area contributed by atoms with Gasteiger partial charge in [0, 0.05) is 11.1 Å². The third-order valence-corrected chi connectivity index (χ3v) is 7.21. The molecular formula is C36H36O4. The van der Waals surface area contributed by atoms with Crippen LogP contribution in [0.5, 0.6) is 0 Å². The maximum atomic E-state index is 13.6. The summed E-state index contributed by atoms with van der Waals surface area (Å²) in [6, 6.07) is 26.5. The molecule has 0 aliphatic carbocycles. The van der Waals surface area contributed by atoms with E-state index in [9.17, 15) is 9.59 Å². The number of esters is 2. The summed E-state index contributed by atoms with van der Waals surface area (Å²) in [6.07, 6.45) is 1.74. The zero-order valence-electron chi connectivity index (χ0n) is 24.1. The minimum atomic E-state index is -0.521. The van der Waals surface area contributed by atoms with Crippen molar-refractivity contribution in [2.75, 3.05) is 0 Å². The van der Waals surface area contributed by atoms with Crippen molar-refractivity contribution < 1.29 is 19.1 Å². The molecule has 0 aliphatic rings. The molecule has 4 heteroatoms. The van der Waals surface area contributed by atoms with E-state index in [4.69, 9.17) is 9.47 Å². The van der Waals surface area contributed by atoms with Gasteiger partial charge in [0.15, 0.2) is 11.5 Å². The van der Waals surface area contributed by atoms with Crippen molar-refractivity contribution in [2.24, 2.45) is 0 Å². The average molecular weight is 533 g/mol. The van der Waals surface area contributed by atoms with Crippen LogP contribution < -0.4 is 0 Å². The van der Waals surface area contributed by atoms with Crippen LogP contribution in [0.3, 0.4) is 0 Å². The number of ether oxygens (including phenoxy) is 2. The van der Waals surface area contributed by atoms with Gasteiger partial charge in [0.1, 0.15) is 0 Å². The largest absolute Gasteiger partial charge is 0.418 e. The van der Waals surface area contributed by atoms with Crippen LogP contribution in [0.15, 0.2) is 84.9 Å². The van der Waals surface area contributed by atoms with E-state index >= 15 is 0 Å². The van der Waals surface area contributed by atoms with Crippen LogP contribution in [0.25, 0.3) is 11.5 Å². The molecule has 0 radical (unpaired) electrons. The molecule has 0 amide bonds. The molecule has 0 saturated heterocycles. The Morgan fingerprint density at radius 3 is 1.07 bits per heavy atom. The molecule has 0 bridgehead atoms. The van der Waals surface area contributed by atoms with Gasteiger partial charge < -0.3 is 9.47 Å². The molecule has 0 aliphatic heterocycles. The number of hydrogen-bond acceptors (Lipinski definition) is 4. The molecule has 0 fully saturated rings. The van der Waals surface area contributed by atoms with E-state index in [1.807, 2.05) is 88.4 Å². The Hall–Kier alpha value is -4.44. The fourth-order valence-electron chi connectivity index (χ4n) is 4.82. The molecule has 4 aromatic carbocycles. The van der Waals surface area contributed by atoms with Crippen LogP contribution in [0.2, 0.25) is 0 Å². The molecule has 0 unspecified atom stereocenters. The molecule has 40 heavy (non-hydrogen) atoms. The zero-order chi connectivity index (χ0) is 28.8. The van der Waals surface area contributed by atoms with Gasteiger partial charge in [-0.3, -0.25) is 0 Å². The van der Waals surface area contributed by atoms with Crippen molar-refractivity contribution in [3.8, 4) is 0 Å². The highest BCUT2D eigenvalue weighted by Crippen LogP contribution is 2.36. The average Bonchev–Trinajstić information content (AvgIpc) is 2.95. The molecule has 0 spiro atoms. The molecule has 4 rings (SSSR count). The molecule has 0 heterocycles. The fraction of sp³-hybridized carbons (Fsp3) is 0.222. The van der Waals surface area contributed by atoms with Crippen LogP contribution in [0, 0.1) is 27.7 Å². The first kappa shape index (κ1) is 28.6. The van der Waals surface area contributed by atoms with Gasteiger partial charge in [-0.1, -0.05) is 74.5 Å². The molecule has 0 saturated carbocycles. The molecular weight excluding hydrogens is 496 g/mol. The number of hydrogen-bond donors (Lipinski definition) is 0. The summed E-state index contributed by atoms with van der Waals surface area (Å²) in [7, 11) is 0. The molecule has 0 aromatic heterocycles. The first-order valence-electron chi connectivity index (χ1n) is 13.7. The van der Waals surface area contributed by atoms with Crippen LogP contribution in [0.4, 0.5) is 0 Å². The van der Waals surface area contributed by atoms with Gasteiger partial charge >= 0.3 is 11.9 Å². The van der Waals surface area contributed by atoms with Crippen LogP contribution in [0.1, 0.15) is 79.1 Å². The zero-order valence-corrected chi connectivity index (χ0v) is 24.1. The Bertz CT molecular complexity index is 1400. The van der Waals surface area contributed by atoms with E-state index in [-0.39, 0.29) is 11.5 Å². The van der Waals surface area contributed by atoms with Crippen LogP contribution >= 0.6 is 0 Å². The lowest BCUT2D eigenvalue weighted by Gasteiger charge is -2.21. The number of carbonyl (C=O) groups is 2. The van der Waals surface area contributed by atoms with Crippen molar-refractivity contribution in [2.45, 2.75) is 54.4 Å². The first-order chi connectivity index (χ1) is 19.2. The second-order valence-electron chi connectivity index (χ2n) is 10.1. The summed E-state index contributed by atoms with van der Waals surface area (Å²) < 4.78 is 12.4. The lowest BCUT2D eigenvalue weighted by Crippen LogP contribution is -2.13. The van der Waals surface area contributed by atoms with Crippen LogP contribution in [-0.4, -0.2) is 11.9 Å². The summed E-state index contributed by atoms with van der Waals surface area (Å²) >= 11 is 0. The molecule has 0 atom stereocenters. The third-order valence-electron chi connectivity index (χ3n) is 7.21. The van der Waals surface area contributed by atoms with E-state index in [1.165, 1.54) is 0 Å². The van der Waals surface area contributed by atoms with Crippen LogP contribution in [-0.2, 0) is 22.3 Å². The highest BCUT2D eigenvalue weighted by Gasteiger charge is 2.27. The third kappa shape index (κ3) is 6.23. The normalized spacial score (nSPS) is 11.6. The smallest absolute Gasteiger partial charge is 0.343 e. The van der Waals surface area contributed by atoms with Crippen molar-refractivity contribution in [1.82, 2.24) is 0 Å².